The summed E-state index contributed by atoms with van der Waals surface area (Å²) < 4.78 is 8.57. The Morgan fingerprint density at radius 1 is 1.50 bits per heavy atom. The number of imidazole rings is 1. The van der Waals surface area contributed by atoms with Crippen molar-refractivity contribution in [2.24, 2.45) is 0 Å². The number of hydrogen-bond acceptors (Lipinski definition) is 3. The monoisotopic (exact) mass is 347 g/mol. The molecule has 6 heteroatoms. The molecule has 1 aliphatic heterocycles. The van der Waals surface area contributed by atoms with E-state index in [-0.39, 0.29) is 0 Å². The first-order valence-corrected chi connectivity index (χ1v) is 6.21. The predicted octanol–water partition coefficient (Wildman–Crippen LogP) is 2.60. The van der Waals surface area contributed by atoms with Gasteiger partial charge in [-0.2, -0.15) is 0 Å². The predicted molar refractivity (Wildman–Crippen MR) is 68.7 cm³/mol. The first kappa shape index (κ1) is 10.3. The van der Waals surface area contributed by atoms with E-state index in [0.29, 0.717) is 17.5 Å². The van der Waals surface area contributed by atoms with E-state index < -0.39 is 0 Å². The Balaban J connectivity index is 2.27. The third-order valence-corrected chi connectivity index (χ3v) is 3.10. The number of hydrogen-bond donors (Lipinski definition) is 0. The van der Waals surface area contributed by atoms with E-state index in [1.54, 1.807) is 6.20 Å². The number of aromatic nitrogens is 3. The molecule has 2 aromatic rings. The topological polar surface area (TPSA) is 39.9 Å². The fourth-order valence-corrected chi connectivity index (χ4v) is 2.43. The van der Waals surface area contributed by atoms with Gasteiger partial charge in [0.05, 0.1) is 17.1 Å². The smallest absolute Gasteiger partial charge is 0.224 e. The van der Waals surface area contributed by atoms with Crippen LogP contribution in [0.4, 0.5) is 0 Å². The van der Waals surface area contributed by atoms with E-state index in [2.05, 4.69) is 37.1 Å². The molecule has 3 rings (SSSR count). The van der Waals surface area contributed by atoms with E-state index in [9.17, 15) is 0 Å². The molecule has 0 atom stereocenters. The molecule has 0 aliphatic carbocycles. The second-order valence-corrected chi connectivity index (χ2v) is 4.98. The Morgan fingerprint density at radius 3 is 3.25 bits per heavy atom. The molecule has 0 spiro atoms. The molecule has 0 unspecified atom stereocenters. The number of rotatable bonds is 0. The van der Waals surface area contributed by atoms with Crippen molar-refractivity contribution in [3.8, 4) is 17.3 Å². The van der Waals surface area contributed by atoms with E-state index in [4.69, 9.17) is 16.3 Å². The number of fused-ring (bicyclic) bond motifs is 3. The summed E-state index contributed by atoms with van der Waals surface area (Å²) in [6.45, 7) is 1.38. The lowest BCUT2D eigenvalue weighted by Gasteiger charge is -2.04. The van der Waals surface area contributed by atoms with Crippen LogP contribution in [0, 0.1) is 3.70 Å². The molecule has 0 amide bonds. The van der Waals surface area contributed by atoms with Crippen LogP contribution in [-0.4, -0.2) is 21.1 Å². The van der Waals surface area contributed by atoms with Crippen LogP contribution < -0.4 is 4.74 Å². The molecule has 0 bridgehead atoms. The fraction of sp³-hybridized carbons (Fsp3) is 0.200. The molecular formula is C10H7ClIN3O. The van der Waals surface area contributed by atoms with Crippen LogP contribution >= 0.6 is 34.2 Å². The van der Waals surface area contributed by atoms with Crippen molar-refractivity contribution in [3.63, 3.8) is 0 Å². The van der Waals surface area contributed by atoms with Crippen LogP contribution in [0.2, 0.25) is 5.02 Å². The van der Waals surface area contributed by atoms with Gasteiger partial charge in [-0.15, -0.1) is 0 Å². The Bertz CT molecular complexity index is 555. The summed E-state index contributed by atoms with van der Waals surface area (Å²) in [5.41, 5.74) is 0.855. The van der Waals surface area contributed by atoms with Gasteiger partial charge in [0.15, 0.2) is 0 Å². The molecule has 0 saturated carbocycles. The number of halogens is 2. The van der Waals surface area contributed by atoms with E-state index in [1.807, 2.05) is 12.3 Å². The standard InChI is InChI=1S/C10H7ClIN3O/c11-6-3-7-9-14-8(12)5-15(9)1-2-16-10(7)13-4-6/h3-5H,1-2H2. The normalized spacial score (nSPS) is 13.6. The van der Waals surface area contributed by atoms with Crippen LogP contribution in [0.5, 0.6) is 5.88 Å². The van der Waals surface area contributed by atoms with Crippen LogP contribution in [-0.2, 0) is 6.54 Å². The Hall–Kier alpha value is -0.820. The van der Waals surface area contributed by atoms with Crippen LogP contribution in [0.3, 0.4) is 0 Å². The first-order chi connectivity index (χ1) is 7.74. The van der Waals surface area contributed by atoms with Crippen molar-refractivity contribution < 1.29 is 4.74 Å². The van der Waals surface area contributed by atoms with E-state index in [0.717, 1.165) is 21.6 Å². The Kier molecular flexibility index (Phi) is 2.51. The van der Waals surface area contributed by atoms with Crippen molar-refractivity contribution >= 4 is 34.2 Å². The summed E-state index contributed by atoms with van der Waals surface area (Å²) in [6.07, 6.45) is 3.58. The van der Waals surface area contributed by atoms with Gasteiger partial charge in [0.25, 0.3) is 0 Å². The first-order valence-electron chi connectivity index (χ1n) is 4.75. The molecule has 16 heavy (non-hydrogen) atoms. The highest BCUT2D eigenvalue weighted by Crippen LogP contribution is 2.32. The fourth-order valence-electron chi connectivity index (χ4n) is 1.71. The van der Waals surface area contributed by atoms with Crippen LogP contribution in [0.15, 0.2) is 18.5 Å². The quantitative estimate of drug-likeness (QED) is 0.688. The van der Waals surface area contributed by atoms with Crippen molar-refractivity contribution in [1.29, 1.82) is 0 Å². The van der Waals surface area contributed by atoms with Gasteiger partial charge in [0.1, 0.15) is 16.1 Å². The van der Waals surface area contributed by atoms with Crippen molar-refractivity contribution in [3.05, 3.63) is 27.2 Å². The number of ether oxygens (including phenoxy) is 1. The van der Waals surface area contributed by atoms with Gasteiger partial charge in [0, 0.05) is 12.4 Å². The molecule has 0 saturated heterocycles. The Morgan fingerprint density at radius 2 is 2.38 bits per heavy atom. The number of nitrogens with zero attached hydrogens (tertiary/aromatic N) is 3. The van der Waals surface area contributed by atoms with Crippen LogP contribution in [0.25, 0.3) is 11.4 Å². The van der Waals surface area contributed by atoms with Gasteiger partial charge in [-0.1, -0.05) is 11.6 Å². The van der Waals surface area contributed by atoms with Gasteiger partial charge >= 0.3 is 0 Å². The average molecular weight is 348 g/mol. The molecule has 0 fully saturated rings. The molecule has 1 aliphatic rings. The van der Waals surface area contributed by atoms with Gasteiger partial charge in [-0.05, 0) is 28.7 Å². The molecule has 82 valence electrons. The summed E-state index contributed by atoms with van der Waals surface area (Å²) in [5.74, 6) is 1.47. The maximum absolute atomic E-state index is 5.95. The second-order valence-electron chi connectivity index (χ2n) is 3.44. The average Bonchev–Trinajstić information content (AvgIpc) is 2.54. The highest BCUT2D eigenvalue weighted by molar-refractivity contribution is 14.1. The third-order valence-electron chi connectivity index (χ3n) is 2.38. The summed E-state index contributed by atoms with van der Waals surface area (Å²) >= 11 is 8.14. The largest absolute Gasteiger partial charge is 0.475 e. The lowest BCUT2D eigenvalue weighted by atomic mass is 10.2. The molecule has 0 aromatic carbocycles. The summed E-state index contributed by atoms with van der Waals surface area (Å²) in [6, 6.07) is 1.84. The van der Waals surface area contributed by atoms with Crippen LogP contribution in [0.1, 0.15) is 0 Å². The minimum absolute atomic E-state index is 0.591. The maximum atomic E-state index is 5.95. The highest BCUT2D eigenvalue weighted by Gasteiger charge is 2.19. The summed E-state index contributed by atoms with van der Waals surface area (Å²) in [7, 11) is 0. The van der Waals surface area contributed by atoms with Crippen molar-refractivity contribution in [2.75, 3.05) is 6.61 Å². The molecule has 2 aromatic heterocycles. The van der Waals surface area contributed by atoms with E-state index in [1.165, 1.54) is 0 Å². The van der Waals surface area contributed by atoms with Crippen molar-refractivity contribution in [2.45, 2.75) is 6.54 Å². The minimum Gasteiger partial charge on any atom is -0.475 e. The van der Waals surface area contributed by atoms with Crippen molar-refractivity contribution in [1.82, 2.24) is 14.5 Å². The maximum Gasteiger partial charge on any atom is 0.224 e. The van der Waals surface area contributed by atoms with Gasteiger partial charge in [0.2, 0.25) is 5.88 Å². The number of pyridine rings is 1. The summed E-state index contributed by atoms with van der Waals surface area (Å²) in [4.78, 5) is 8.64. The SMILES string of the molecule is Clc1cnc2c(c1)-c1nc(I)cn1CCO2. The molecule has 0 N–H and O–H groups in total. The molecule has 4 nitrogen and oxygen atoms in total. The molecule has 3 heterocycles. The van der Waals surface area contributed by atoms with E-state index >= 15 is 0 Å². The van der Waals surface area contributed by atoms with Gasteiger partial charge in [-0.3, -0.25) is 0 Å². The zero-order valence-electron chi connectivity index (χ0n) is 8.15. The third kappa shape index (κ3) is 1.67. The zero-order valence-corrected chi connectivity index (χ0v) is 11.1. The lowest BCUT2D eigenvalue weighted by Crippen LogP contribution is -2.04. The zero-order chi connectivity index (χ0) is 11.1. The second kappa shape index (κ2) is 3.89. The van der Waals surface area contributed by atoms with Gasteiger partial charge in [-0.25, -0.2) is 9.97 Å². The molecular weight excluding hydrogens is 340 g/mol. The lowest BCUT2D eigenvalue weighted by molar-refractivity contribution is 0.296. The Labute approximate surface area is 111 Å². The van der Waals surface area contributed by atoms with Gasteiger partial charge < -0.3 is 9.30 Å². The molecule has 0 radical (unpaired) electrons. The minimum atomic E-state index is 0.591. The summed E-state index contributed by atoms with van der Waals surface area (Å²) in [5, 5.41) is 0.591. The highest BCUT2D eigenvalue weighted by atomic mass is 127.